The minimum atomic E-state index is -0.661. The van der Waals surface area contributed by atoms with Crippen molar-refractivity contribution in [3.05, 3.63) is 50.8 Å². The second-order valence-electron chi connectivity index (χ2n) is 6.08. The SMILES string of the molecule is Cc1[nH]c(C(=O)OCc2cc(Cl)cc3c2OCOC3)c(C)c1[C@@H](C)O. The molecule has 2 aromatic rings. The van der Waals surface area contributed by atoms with Gasteiger partial charge in [-0.2, -0.15) is 0 Å². The number of hydrogen-bond donors (Lipinski definition) is 2. The van der Waals surface area contributed by atoms with Gasteiger partial charge in [-0.1, -0.05) is 11.6 Å². The summed E-state index contributed by atoms with van der Waals surface area (Å²) in [6.45, 7) is 5.85. The van der Waals surface area contributed by atoms with Crippen LogP contribution in [0.25, 0.3) is 0 Å². The molecule has 0 amide bonds. The number of nitrogens with one attached hydrogen (secondary N) is 1. The molecule has 0 bridgehead atoms. The molecule has 1 atom stereocenters. The van der Waals surface area contributed by atoms with Crippen LogP contribution in [-0.4, -0.2) is 22.9 Å². The van der Waals surface area contributed by atoms with Gasteiger partial charge in [0.25, 0.3) is 0 Å². The number of ether oxygens (including phenoxy) is 3. The first-order valence-electron chi connectivity index (χ1n) is 7.94. The number of rotatable bonds is 4. The van der Waals surface area contributed by atoms with Crippen molar-refractivity contribution in [2.24, 2.45) is 0 Å². The molecule has 0 saturated heterocycles. The quantitative estimate of drug-likeness (QED) is 0.810. The van der Waals surface area contributed by atoms with Gasteiger partial charge >= 0.3 is 5.97 Å². The summed E-state index contributed by atoms with van der Waals surface area (Å²) < 4.78 is 16.2. The van der Waals surface area contributed by atoms with E-state index in [0.717, 1.165) is 11.3 Å². The molecule has 0 radical (unpaired) electrons. The predicted molar refractivity (Wildman–Crippen MR) is 91.8 cm³/mol. The van der Waals surface area contributed by atoms with E-state index in [2.05, 4.69) is 4.98 Å². The van der Waals surface area contributed by atoms with Crippen LogP contribution >= 0.6 is 11.6 Å². The Labute approximate surface area is 150 Å². The number of esters is 1. The summed E-state index contributed by atoms with van der Waals surface area (Å²) >= 11 is 6.11. The third kappa shape index (κ3) is 3.51. The first-order valence-corrected chi connectivity index (χ1v) is 8.32. The molecule has 25 heavy (non-hydrogen) atoms. The highest BCUT2D eigenvalue weighted by Crippen LogP contribution is 2.32. The summed E-state index contributed by atoms with van der Waals surface area (Å²) in [5.74, 6) is 0.154. The molecule has 2 heterocycles. The van der Waals surface area contributed by atoms with Crippen LogP contribution in [0.2, 0.25) is 5.02 Å². The molecule has 134 valence electrons. The van der Waals surface area contributed by atoms with E-state index in [1.807, 2.05) is 6.92 Å². The number of aliphatic hydroxyl groups is 1. The first kappa shape index (κ1) is 17.8. The molecule has 1 aromatic carbocycles. The molecule has 0 saturated carbocycles. The van der Waals surface area contributed by atoms with Gasteiger partial charge in [-0.15, -0.1) is 0 Å². The lowest BCUT2D eigenvalue weighted by Crippen LogP contribution is -2.14. The van der Waals surface area contributed by atoms with Crippen molar-refractivity contribution < 1.29 is 24.1 Å². The second-order valence-corrected chi connectivity index (χ2v) is 6.52. The molecule has 0 fully saturated rings. The lowest BCUT2D eigenvalue weighted by atomic mass is 10.1. The number of H-pyrrole nitrogens is 1. The average Bonchev–Trinajstić information content (AvgIpc) is 2.86. The third-order valence-electron chi connectivity index (χ3n) is 4.23. The monoisotopic (exact) mass is 365 g/mol. The van der Waals surface area contributed by atoms with Crippen molar-refractivity contribution in [2.75, 3.05) is 6.79 Å². The molecule has 0 aliphatic carbocycles. The zero-order valence-corrected chi connectivity index (χ0v) is 15.1. The van der Waals surface area contributed by atoms with Crippen LogP contribution in [0.3, 0.4) is 0 Å². The van der Waals surface area contributed by atoms with Crippen LogP contribution in [0.1, 0.15) is 51.5 Å². The summed E-state index contributed by atoms with van der Waals surface area (Å²) in [4.78, 5) is 15.4. The Balaban J connectivity index is 1.80. The Morgan fingerprint density at radius 2 is 2.20 bits per heavy atom. The molecule has 0 unspecified atom stereocenters. The van der Waals surface area contributed by atoms with E-state index >= 15 is 0 Å². The van der Waals surface area contributed by atoms with Crippen molar-refractivity contribution in [3.8, 4) is 5.75 Å². The van der Waals surface area contributed by atoms with Gasteiger partial charge in [-0.05, 0) is 38.5 Å². The Hall–Kier alpha value is -2.02. The standard InChI is InChI=1S/C18H20ClNO5/c1-9-15(11(3)21)10(2)20-16(9)18(22)24-7-13-5-14(19)4-12-6-23-8-25-17(12)13/h4-5,11,20-21H,6-8H2,1-3H3/t11-/m1/s1. The molecular formula is C18H20ClNO5. The number of fused-ring (bicyclic) bond motifs is 1. The topological polar surface area (TPSA) is 80.8 Å². The molecule has 2 N–H and O–H groups in total. The maximum atomic E-state index is 12.4. The number of hydrogen-bond acceptors (Lipinski definition) is 5. The van der Waals surface area contributed by atoms with Crippen LogP contribution in [0.4, 0.5) is 0 Å². The van der Waals surface area contributed by atoms with Gasteiger partial charge in [0.1, 0.15) is 18.1 Å². The fourth-order valence-corrected chi connectivity index (χ4v) is 3.44. The van der Waals surface area contributed by atoms with Gasteiger partial charge < -0.3 is 24.3 Å². The van der Waals surface area contributed by atoms with Crippen LogP contribution in [0.15, 0.2) is 12.1 Å². The Bertz CT molecular complexity index is 812. The summed E-state index contributed by atoms with van der Waals surface area (Å²) in [6.07, 6.45) is -0.661. The van der Waals surface area contributed by atoms with Crippen molar-refractivity contribution in [3.63, 3.8) is 0 Å². The number of aromatic amines is 1. The molecule has 6 nitrogen and oxygen atoms in total. The molecule has 0 spiro atoms. The zero-order valence-electron chi connectivity index (χ0n) is 14.3. The Morgan fingerprint density at radius 3 is 2.88 bits per heavy atom. The zero-order chi connectivity index (χ0) is 18.1. The normalized spacial score (nSPS) is 14.6. The summed E-state index contributed by atoms with van der Waals surface area (Å²) in [5, 5.41) is 10.4. The minimum absolute atomic E-state index is 0.0310. The van der Waals surface area contributed by atoms with Gasteiger partial charge in [-0.3, -0.25) is 0 Å². The van der Waals surface area contributed by atoms with E-state index in [1.54, 1.807) is 26.0 Å². The number of aromatic nitrogens is 1. The van der Waals surface area contributed by atoms with Crippen LogP contribution in [0.5, 0.6) is 5.75 Å². The van der Waals surface area contributed by atoms with Crippen LogP contribution in [-0.2, 0) is 22.7 Å². The maximum Gasteiger partial charge on any atom is 0.355 e. The minimum Gasteiger partial charge on any atom is -0.467 e. The van der Waals surface area contributed by atoms with Gasteiger partial charge in [0, 0.05) is 27.4 Å². The number of aryl methyl sites for hydroxylation is 1. The molecule has 7 heteroatoms. The number of carbonyl (C=O) groups excluding carboxylic acids is 1. The second kappa shape index (κ2) is 7.07. The van der Waals surface area contributed by atoms with Gasteiger partial charge in [-0.25, -0.2) is 4.79 Å². The molecular weight excluding hydrogens is 346 g/mol. The summed E-state index contributed by atoms with van der Waals surface area (Å²) in [7, 11) is 0. The average molecular weight is 366 g/mol. The van der Waals surface area contributed by atoms with Gasteiger partial charge in [0.15, 0.2) is 6.79 Å². The smallest absolute Gasteiger partial charge is 0.355 e. The predicted octanol–water partition coefficient (Wildman–Crippen LogP) is 3.56. The van der Waals surface area contributed by atoms with E-state index in [9.17, 15) is 9.90 Å². The number of aliphatic hydroxyl groups excluding tert-OH is 1. The molecule has 3 rings (SSSR count). The van der Waals surface area contributed by atoms with Crippen molar-refractivity contribution in [1.29, 1.82) is 0 Å². The highest BCUT2D eigenvalue weighted by molar-refractivity contribution is 6.30. The highest BCUT2D eigenvalue weighted by Gasteiger charge is 2.22. The van der Waals surface area contributed by atoms with Crippen molar-refractivity contribution in [2.45, 2.75) is 40.1 Å². The van der Waals surface area contributed by atoms with E-state index in [1.165, 1.54) is 0 Å². The van der Waals surface area contributed by atoms with Gasteiger partial charge in [0.2, 0.25) is 0 Å². The summed E-state index contributed by atoms with van der Waals surface area (Å²) in [6, 6.07) is 3.49. The van der Waals surface area contributed by atoms with Crippen molar-refractivity contribution in [1.82, 2.24) is 4.98 Å². The van der Waals surface area contributed by atoms with Crippen molar-refractivity contribution >= 4 is 17.6 Å². The highest BCUT2D eigenvalue weighted by atomic mass is 35.5. The third-order valence-corrected chi connectivity index (χ3v) is 4.45. The Kier molecular flexibility index (Phi) is 5.03. The van der Waals surface area contributed by atoms with Crippen LogP contribution in [0, 0.1) is 13.8 Å². The molecule has 1 aromatic heterocycles. The maximum absolute atomic E-state index is 12.4. The van der Waals surface area contributed by atoms with E-state index in [4.69, 9.17) is 25.8 Å². The summed E-state index contributed by atoms with van der Waals surface area (Å²) in [5.41, 5.74) is 4.01. The van der Waals surface area contributed by atoms with Gasteiger partial charge in [0.05, 0.1) is 12.7 Å². The van der Waals surface area contributed by atoms with E-state index < -0.39 is 12.1 Å². The number of benzene rings is 1. The lowest BCUT2D eigenvalue weighted by Gasteiger charge is -2.21. The largest absolute Gasteiger partial charge is 0.467 e. The van der Waals surface area contributed by atoms with E-state index in [-0.39, 0.29) is 13.4 Å². The number of halogens is 1. The lowest BCUT2D eigenvalue weighted by molar-refractivity contribution is -0.0180. The first-order chi connectivity index (χ1) is 11.9. The fraction of sp³-hybridized carbons (Fsp3) is 0.389. The number of carbonyl (C=O) groups is 1. The van der Waals surface area contributed by atoms with Crippen LogP contribution < -0.4 is 4.74 Å². The fourth-order valence-electron chi connectivity index (χ4n) is 3.17. The Morgan fingerprint density at radius 1 is 1.44 bits per heavy atom. The molecule has 1 aliphatic heterocycles. The molecule has 1 aliphatic rings. The van der Waals surface area contributed by atoms with E-state index in [0.29, 0.717) is 39.8 Å².